The second kappa shape index (κ2) is 4.57. The Morgan fingerprint density at radius 1 is 1.39 bits per heavy atom. The van der Waals surface area contributed by atoms with Gasteiger partial charge in [-0.1, -0.05) is 45.1 Å². The number of hydrogen-bond donors (Lipinski definition) is 2. The minimum atomic E-state index is -1.47. The van der Waals surface area contributed by atoms with Crippen molar-refractivity contribution in [3.63, 3.8) is 0 Å². The van der Waals surface area contributed by atoms with E-state index in [2.05, 4.69) is 36.0 Å². The monoisotopic (exact) mass is 263 g/mol. The molecule has 1 heterocycles. The van der Waals surface area contributed by atoms with Crippen molar-refractivity contribution in [3.8, 4) is 0 Å². The van der Waals surface area contributed by atoms with Crippen LogP contribution in [0.4, 0.5) is 5.69 Å². The molecule has 0 amide bonds. The van der Waals surface area contributed by atoms with Gasteiger partial charge in [0.1, 0.15) is 5.84 Å². The molecular formula is C13H17N3OS. The number of hydrogen-bond acceptors (Lipinski definition) is 2. The van der Waals surface area contributed by atoms with Crippen molar-refractivity contribution < 1.29 is 4.21 Å². The molecule has 0 spiro atoms. The van der Waals surface area contributed by atoms with E-state index in [9.17, 15) is 4.21 Å². The molecular weight excluding hydrogens is 246 g/mol. The number of anilines is 1. The molecule has 96 valence electrons. The molecule has 0 bridgehead atoms. The average molecular weight is 263 g/mol. The van der Waals surface area contributed by atoms with Crippen molar-refractivity contribution in [1.82, 2.24) is 0 Å². The molecule has 0 radical (unpaired) electrons. The molecule has 0 aliphatic carbocycles. The first kappa shape index (κ1) is 12.8. The average Bonchev–Trinajstić information content (AvgIpc) is 2.24. The second-order valence-electron chi connectivity index (χ2n) is 5.30. The summed E-state index contributed by atoms with van der Waals surface area (Å²) in [5, 5.41) is 0. The van der Waals surface area contributed by atoms with E-state index in [-0.39, 0.29) is 5.41 Å². The summed E-state index contributed by atoms with van der Waals surface area (Å²) >= 11 is -1.47. The smallest absolute Gasteiger partial charge is 0.244 e. The summed E-state index contributed by atoms with van der Waals surface area (Å²) in [7, 11) is 0. The first-order valence-corrected chi connectivity index (χ1v) is 6.83. The van der Waals surface area contributed by atoms with Crippen molar-refractivity contribution in [1.29, 1.82) is 0 Å². The van der Waals surface area contributed by atoms with Crippen LogP contribution in [0.2, 0.25) is 0 Å². The van der Waals surface area contributed by atoms with E-state index in [1.165, 1.54) is 0 Å². The van der Waals surface area contributed by atoms with Crippen LogP contribution in [-0.4, -0.2) is 10.0 Å². The van der Waals surface area contributed by atoms with Gasteiger partial charge in [0.15, 0.2) is 0 Å². The molecule has 5 heteroatoms. The lowest BCUT2D eigenvalue weighted by Crippen LogP contribution is -2.24. The van der Waals surface area contributed by atoms with E-state index < -0.39 is 11.2 Å². The van der Waals surface area contributed by atoms with Crippen LogP contribution in [-0.2, 0) is 11.2 Å². The Morgan fingerprint density at radius 3 is 2.78 bits per heavy atom. The van der Waals surface area contributed by atoms with Gasteiger partial charge in [0.05, 0.1) is 5.69 Å². The predicted molar refractivity (Wildman–Crippen MR) is 77.4 cm³/mol. The largest absolute Gasteiger partial charge is 0.382 e. The van der Waals surface area contributed by atoms with Crippen LogP contribution < -0.4 is 10.5 Å². The topological polar surface area (TPSA) is 67.5 Å². The van der Waals surface area contributed by atoms with Gasteiger partial charge in [-0.05, 0) is 17.0 Å². The second-order valence-corrected chi connectivity index (χ2v) is 6.18. The van der Waals surface area contributed by atoms with Gasteiger partial charge in [-0.15, -0.1) is 0 Å². The third kappa shape index (κ3) is 2.79. The van der Waals surface area contributed by atoms with Gasteiger partial charge in [0, 0.05) is 5.56 Å². The van der Waals surface area contributed by atoms with Crippen molar-refractivity contribution >= 4 is 28.8 Å². The summed E-state index contributed by atoms with van der Waals surface area (Å²) < 4.78 is 18.0. The molecule has 18 heavy (non-hydrogen) atoms. The van der Waals surface area contributed by atoms with Crippen LogP contribution in [0.1, 0.15) is 31.9 Å². The molecule has 1 aliphatic rings. The van der Waals surface area contributed by atoms with Gasteiger partial charge in [-0.2, -0.15) is 4.40 Å². The lowest BCUT2D eigenvalue weighted by Gasteiger charge is -2.17. The SMILES string of the molecule is CC(C)(C)/C=C/c1cccc2c1C(N)=NS(=O)N2. The number of rotatable bonds is 1. The van der Waals surface area contributed by atoms with E-state index >= 15 is 0 Å². The quantitative estimate of drug-likeness (QED) is 0.817. The molecule has 1 aromatic rings. The molecule has 0 saturated heterocycles. The van der Waals surface area contributed by atoms with E-state index in [4.69, 9.17) is 5.73 Å². The predicted octanol–water partition coefficient (Wildman–Crippen LogP) is 2.46. The molecule has 1 aromatic carbocycles. The maximum atomic E-state index is 11.4. The van der Waals surface area contributed by atoms with Crippen LogP contribution in [0, 0.1) is 5.41 Å². The molecule has 0 fully saturated rings. The number of allylic oxidation sites excluding steroid dienone is 1. The van der Waals surface area contributed by atoms with Crippen LogP contribution in [0.15, 0.2) is 28.7 Å². The van der Waals surface area contributed by atoms with Crippen LogP contribution >= 0.6 is 0 Å². The molecule has 1 unspecified atom stereocenters. The fraction of sp³-hybridized carbons (Fsp3) is 0.308. The standard InChI is InChI=1S/C13H17N3OS/c1-13(2,3)8-7-9-5-4-6-10-11(9)12(14)16-18(17)15-10/h4-8,15H,1-3H3,(H2,14,16)/b8-7+. The fourth-order valence-corrected chi connectivity index (χ4v) is 2.35. The van der Waals surface area contributed by atoms with Crippen molar-refractivity contribution in [2.24, 2.45) is 15.5 Å². The Morgan fingerprint density at radius 2 is 2.11 bits per heavy atom. The summed E-state index contributed by atoms with van der Waals surface area (Å²) in [6, 6.07) is 5.73. The molecule has 2 rings (SSSR count). The van der Waals surface area contributed by atoms with Crippen molar-refractivity contribution in [3.05, 3.63) is 35.4 Å². The zero-order valence-corrected chi connectivity index (χ0v) is 11.5. The van der Waals surface area contributed by atoms with E-state index in [0.29, 0.717) is 5.84 Å². The zero-order valence-electron chi connectivity index (χ0n) is 10.7. The minimum absolute atomic E-state index is 0.0968. The van der Waals surface area contributed by atoms with Crippen LogP contribution in [0.25, 0.3) is 6.08 Å². The summed E-state index contributed by atoms with van der Waals surface area (Å²) in [6.45, 7) is 6.39. The Bertz CT molecular complexity index is 556. The number of nitrogens with zero attached hydrogens (tertiary/aromatic N) is 1. The van der Waals surface area contributed by atoms with Crippen molar-refractivity contribution in [2.75, 3.05) is 4.72 Å². The van der Waals surface area contributed by atoms with E-state index in [0.717, 1.165) is 16.8 Å². The van der Waals surface area contributed by atoms with Crippen LogP contribution in [0.5, 0.6) is 0 Å². The Kier molecular flexibility index (Phi) is 3.26. The van der Waals surface area contributed by atoms with Gasteiger partial charge < -0.3 is 5.73 Å². The molecule has 0 saturated carbocycles. The zero-order chi connectivity index (χ0) is 13.3. The first-order valence-electron chi connectivity index (χ1n) is 5.72. The Balaban J connectivity index is 2.48. The highest BCUT2D eigenvalue weighted by Crippen LogP contribution is 2.26. The Hall–Kier alpha value is -1.62. The minimum Gasteiger partial charge on any atom is -0.382 e. The molecule has 1 atom stereocenters. The van der Waals surface area contributed by atoms with Gasteiger partial charge >= 0.3 is 0 Å². The highest BCUT2D eigenvalue weighted by atomic mass is 32.2. The molecule has 0 aromatic heterocycles. The van der Waals surface area contributed by atoms with Crippen LogP contribution in [0.3, 0.4) is 0 Å². The number of benzene rings is 1. The first-order chi connectivity index (χ1) is 8.37. The third-order valence-corrected chi connectivity index (χ3v) is 3.25. The van der Waals surface area contributed by atoms with Gasteiger partial charge in [0.2, 0.25) is 11.2 Å². The Labute approximate surface area is 110 Å². The molecule has 4 nitrogen and oxygen atoms in total. The number of fused-ring (bicyclic) bond motifs is 1. The summed E-state index contributed by atoms with van der Waals surface area (Å²) in [5.41, 5.74) is 8.51. The molecule has 3 N–H and O–H groups in total. The van der Waals surface area contributed by atoms with Gasteiger partial charge in [-0.3, -0.25) is 4.72 Å². The lowest BCUT2D eigenvalue weighted by molar-refractivity contribution is 0.547. The number of nitrogens with one attached hydrogen (secondary N) is 1. The van der Waals surface area contributed by atoms with E-state index in [1.54, 1.807) is 0 Å². The fourth-order valence-electron chi connectivity index (χ4n) is 1.67. The van der Waals surface area contributed by atoms with Crippen molar-refractivity contribution in [2.45, 2.75) is 20.8 Å². The lowest BCUT2D eigenvalue weighted by atomic mass is 9.94. The summed E-state index contributed by atoms with van der Waals surface area (Å²) in [4.78, 5) is 0. The normalized spacial score (nSPS) is 19.3. The van der Waals surface area contributed by atoms with Gasteiger partial charge in [0.25, 0.3) is 0 Å². The third-order valence-electron chi connectivity index (χ3n) is 2.49. The maximum absolute atomic E-state index is 11.4. The summed E-state index contributed by atoms with van der Waals surface area (Å²) in [5.74, 6) is 0.316. The number of nitrogens with two attached hydrogens (primary N) is 1. The molecule has 1 aliphatic heterocycles. The summed E-state index contributed by atoms with van der Waals surface area (Å²) in [6.07, 6.45) is 4.14. The highest BCUT2D eigenvalue weighted by molar-refractivity contribution is 7.85. The highest BCUT2D eigenvalue weighted by Gasteiger charge is 2.18. The van der Waals surface area contributed by atoms with E-state index in [1.807, 2.05) is 24.3 Å². The van der Waals surface area contributed by atoms with Gasteiger partial charge in [-0.25, -0.2) is 4.21 Å². The maximum Gasteiger partial charge on any atom is 0.244 e. The number of amidine groups is 1.